The molecular weight excluding hydrogens is 1170 g/mol. The molecule has 0 saturated carbocycles. The molecule has 0 radical (unpaired) electrons. The van der Waals surface area contributed by atoms with Crippen LogP contribution in [0, 0.1) is 0 Å². The number of halogens is 6. The average molecular weight is 1220 g/mol. The van der Waals surface area contributed by atoms with Gasteiger partial charge >= 0.3 is 18.2 Å². The average Bonchev–Trinajstić information content (AvgIpc) is 3.95. The number of carbonyl (C=O) groups excluding carboxylic acids is 4. The van der Waals surface area contributed by atoms with Crippen molar-refractivity contribution in [3.63, 3.8) is 0 Å². The second-order valence-electron chi connectivity index (χ2n) is 17.1. The summed E-state index contributed by atoms with van der Waals surface area (Å²) in [5.41, 5.74) is 7.01. The molecule has 0 unspecified atom stereocenters. The molecule has 0 bridgehead atoms. The third-order valence-corrected chi connectivity index (χ3v) is 13.1. The molecule has 424 valence electrons. The summed E-state index contributed by atoms with van der Waals surface area (Å²) in [5.74, 6) is 0.690. The van der Waals surface area contributed by atoms with Gasteiger partial charge in [-0.05, 0) is 71.5 Å². The molecule has 0 aliphatic carbocycles. The van der Waals surface area contributed by atoms with Crippen LogP contribution in [0.4, 0.5) is 26.9 Å². The molecule has 0 spiro atoms. The summed E-state index contributed by atoms with van der Waals surface area (Å²) >= 11 is 37.5. The number of hydrogen-bond acceptors (Lipinski definition) is 14. The Morgan fingerprint density at radius 3 is 1.52 bits per heavy atom. The molecular formula is C58H55Cl6N7O10. The minimum absolute atomic E-state index is 0.0616. The lowest BCUT2D eigenvalue weighted by atomic mass is 10.1. The number of aromatic nitrogens is 4. The van der Waals surface area contributed by atoms with Crippen molar-refractivity contribution in [3.05, 3.63) is 203 Å². The van der Waals surface area contributed by atoms with Crippen LogP contribution >= 0.6 is 69.6 Å². The predicted octanol–water partition coefficient (Wildman–Crippen LogP) is 16.5. The summed E-state index contributed by atoms with van der Waals surface area (Å²) in [4.78, 5) is 59.8. The number of anilines is 3. The highest BCUT2D eigenvalue weighted by molar-refractivity contribution is 6.40. The van der Waals surface area contributed by atoms with Gasteiger partial charge in [0.25, 0.3) is 0 Å². The topological polar surface area (TPSA) is 225 Å². The van der Waals surface area contributed by atoms with Crippen LogP contribution in [0.1, 0.15) is 70.8 Å². The molecule has 0 saturated heterocycles. The highest BCUT2D eigenvalue weighted by atomic mass is 35.5. The Labute approximate surface area is 497 Å². The summed E-state index contributed by atoms with van der Waals surface area (Å²) in [6.45, 7) is 2.75. The molecule has 5 N–H and O–H groups in total. The number of esters is 1. The number of rotatable bonds is 18. The third-order valence-electron chi connectivity index (χ3n) is 11.2. The van der Waals surface area contributed by atoms with E-state index < -0.39 is 12.2 Å². The third kappa shape index (κ3) is 21.0. The number of carbonyl (C=O) groups is 4. The van der Waals surface area contributed by atoms with Crippen molar-refractivity contribution in [2.75, 3.05) is 23.0 Å². The molecule has 2 heterocycles. The maximum Gasteiger partial charge on any atom is 0.411 e. The van der Waals surface area contributed by atoms with E-state index in [2.05, 4.69) is 48.9 Å². The molecule has 8 rings (SSSR count). The number of ether oxygens (including phenoxy) is 3. The zero-order valence-corrected chi connectivity index (χ0v) is 48.3. The van der Waals surface area contributed by atoms with Crippen LogP contribution in [0.3, 0.4) is 0 Å². The Morgan fingerprint density at radius 2 is 1.07 bits per heavy atom. The van der Waals surface area contributed by atoms with E-state index in [1.165, 1.54) is 25.0 Å². The Morgan fingerprint density at radius 1 is 0.617 bits per heavy atom. The predicted molar refractivity (Wildman–Crippen MR) is 320 cm³/mol. The number of amides is 2. The maximum atomic E-state index is 12.2. The van der Waals surface area contributed by atoms with E-state index in [4.69, 9.17) is 94.3 Å². The quantitative estimate of drug-likeness (QED) is 0.0135. The molecule has 0 fully saturated rings. The van der Waals surface area contributed by atoms with E-state index in [0.717, 1.165) is 35.1 Å². The van der Waals surface area contributed by atoms with Crippen molar-refractivity contribution < 1.29 is 48.9 Å². The lowest BCUT2D eigenvalue weighted by Crippen LogP contribution is -2.13. The summed E-state index contributed by atoms with van der Waals surface area (Å²) in [5, 5.41) is 25.6. The van der Waals surface area contributed by atoms with E-state index >= 15 is 0 Å². The fourth-order valence-electron chi connectivity index (χ4n) is 7.27. The van der Waals surface area contributed by atoms with E-state index in [-0.39, 0.29) is 47.8 Å². The van der Waals surface area contributed by atoms with Gasteiger partial charge in [-0.15, -0.1) is 0 Å². The second-order valence-corrected chi connectivity index (χ2v) is 19.5. The molecule has 2 amide bonds. The summed E-state index contributed by atoms with van der Waals surface area (Å²) in [7, 11) is 3.58. The van der Waals surface area contributed by atoms with Gasteiger partial charge in [-0.2, -0.15) is 4.98 Å². The number of imidazole rings is 1. The van der Waals surface area contributed by atoms with Gasteiger partial charge in [-0.3, -0.25) is 20.2 Å². The monoisotopic (exact) mass is 1220 g/mol. The van der Waals surface area contributed by atoms with Gasteiger partial charge in [0, 0.05) is 31.0 Å². The fourth-order valence-corrected chi connectivity index (χ4v) is 9.17. The molecule has 0 aliphatic rings. The van der Waals surface area contributed by atoms with Gasteiger partial charge in [0.05, 0.1) is 53.9 Å². The fraction of sp³-hybridized carbons (Fsp3) is 0.190. The highest BCUT2D eigenvalue weighted by Gasteiger charge is 2.20. The lowest BCUT2D eigenvalue weighted by Gasteiger charge is -2.10. The van der Waals surface area contributed by atoms with Crippen LogP contribution in [-0.4, -0.2) is 61.5 Å². The Hall–Kier alpha value is -7.29. The largest absolute Gasteiger partial charge is 0.461 e. The molecule has 2 aromatic heterocycles. The SMILES string of the molecule is CCCCC/C=C\c1c(Cl)cc(NC(=O)OCc2ccccc2)cc1Cl.CNc1ncc2nc(-c3c(Cl)cc(CC(=O)OCc4ccccc4)cc3Cl)n(C)c2n1.O=Cc1c(Cl)cc(NC(=O)OCc2ccccc2)cc1Cl.OOO. The smallest absolute Gasteiger partial charge is 0.411 e. The van der Waals surface area contributed by atoms with Gasteiger partial charge in [0.2, 0.25) is 5.95 Å². The number of fused-ring (bicyclic) bond motifs is 1. The number of aryl methyl sites for hydroxylation is 1. The van der Waals surface area contributed by atoms with Crippen LogP contribution < -0.4 is 16.0 Å². The first-order chi connectivity index (χ1) is 39.1. The maximum absolute atomic E-state index is 12.2. The Bertz CT molecular complexity index is 3310. The van der Waals surface area contributed by atoms with Gasteiger partial charge in [-0.1, -0.05) is 198 Å². The molecule has 0 atom stereocenters. The van der Waals surface area contributed by atoms with Crippen LogP contribution in [0.25, 0.3) is 28.6 Å². The van der Waals surface area contributed by atoms with Gasteiger partial charge in [0.15, 0.2) is 11.9 Å². The van der Waals surface area contributed by atoms with Crippen LogP contribution in [0.5, 0.6) is 0 Å². The van der Waals surface area contributed by atoms with Crippen molar-refractivity contribution in [3.8, 4) is 11.4 Å². The molecule has 23 heteroatoms. The molecule has 0 aliphatic heterocycles. The molecule has 17 nitrogen and oxygen atoms in total. The number of hydrogen-bond donors (Lipinski definition) is 5. The first-order valence-corrected chi connectivity index (χ1v) is 26.9. The molecule has 8 aromatic rings. The molecule has 6 aromatic carbocycles. The standard InChI is InChI=1S/C22H19Cl2N5O2.C21H23Cl2NO2.C15H11Cl2NO3.H2O3/c1-25-22-26-11-17-20(28-22)29(2)21(27-17)19-15(23)8-14(9-16(19)24)10-18(30)31-12-13-6-4-3-5-7-13;1-2-3-4-5-9-12-18-19(22)13-17(14-20(18)23)24-21(25)26-15-16-10-7-6-8-11-16;16-13-6-11(7-14(17)12(13)8-19)18-15(20)21-9-10-4-2-1-3-5-10;1-3-2/h3-9,11H,10,12H2,1-2H3,(H,25,26,28);6-14H,2-5,15H2,1H3,(H,24,25);1-8H,9H2,(H,18,20);1-2H/b;12-9-;;. The highest BCUT2D eigenvalue weighted by Crippen LogP contribution is 2.37. The van der Waals surface area contributed by atoms with Gasteiger partial charge in [-0.25, -0.2) is 30.1 Å². The van der Waals surface area contributed by atoms with Gasteiger partial charge in [0.1, 0.15) is 31.2 Å². The summed E-state index contributed by atoms with van der Waals surface area (Å²) < 4.78 is 17.4. The van der Waals surface area contributed by atoms with Gasteiger partial charge < -0.3 is 24.1 Å². The van der Waals surface area contributed by atoms with Crippen LogP contribution in [-0.2, 0) is 57.3 Å². The first-order valence-electron chi connectivity index (χ1n) is 24.6. The number of aldehydes is 1. The van der Waals surface area contributed by atoms with E-state index in [1.807, 2.05) is 104 Å². The first kappa shape index (κ1) is 64.5. The Kier molecular flexibility index (Phi) is 27.2. The van der Waals surface area contributed by atoms with E-state index in [0.29, 0.717) is 71.8 Å². The molecule has 81 heavy (non-hydrogen) atoms. The number of unbranched alkanes of at least 4 members (excludes halogenated alkanes) is 3. The number of nitrogens with zero attached hydrogens (tertiary/aromatic N) is 4. The van der Waals surface area contributed by atoms with Crippen LogP contribution in [0.2, 0.25) is 30.1 Å². The summed E-state index contributed by atoms with van der Waals surface area (Å²) in [6, 6.07) is 37.9. The minimum atomic E-state index is -0.634. The number of benzene rings is 6. The van der Waals surface area contributed by atoms with Crippen LogP contribution in [0.15, 0.2) is 140 Å². The zero-order valence-electron chi connectivity index (χ0n) is 43.8. The minimum Gasteiger partial charge on any atom is -0.461 e. The van der Waals surface area contributed by atoms with Crippen molar-refractivity contribution in [1.82, 2.24) is 19.5 Å². The number of nitrogens with one attached hydrogen (secondary N) is 3. The summed E-state index contributed by atoms with van der Waals surface area (Å²) in [6.07, 6.45) is 9.61. The van der Waals surface area contributed by atoms with Crippen molar-refractivity contribution in [1.29, 1.82) is 0 Å². The van der Waals surface area contributed by atoms with Crippen molar-refractivity contribution in [2.24, 2.45) is 7.05 Å². The Balaban J connectivity index is 0.000000221. The zero-order chi connectivity index (χ0) is 58.7. The van der Waals surface area contributed by atoms with Crippen molar-refractivity contribution >= 4 is 129 Å². The van der Waals surface area contributed by atoms with E-state index in [1.54, 1.807) is 42.1 Å². The number of allylic oxidation sites excluding steroid dienone is 1. The van der Waals surface area contributed by atoms with E-state index in [9.17, 15) is 19.2 Å². The normalized spacial score (nSPS) is 10.5. The van der Waals surface area contributed by atoms with Crippen molar-refractivity contribution in [2.45, 2.75) is 58.8 Å². The second kappa shape index (κ2) is 34.1. The lowest BCUT2D eigenvalue weighted by molar-refractivity contribution is -0.465.